The molecular formula is C22H23ClF2N4O2S. The molecule has 1 spiro atoms. The Balaban J connectivity index is 1.41. The molecule has 2 aliphatic heterocycles. The molecule has 1 saturated heterocycles. The molecule has 2 aromatic heterocycles. The zero-order chi connectivity index (χ0) is 22.5. The van der Waals surface area contributed by atoms with E-state index in [9.17, 15) is 8.78 Å². The minimum absolute atomic E-state index is 0.00622. The van der Waals surface area contributed by atoms with E-state index in [1.54, 1.807) is 11.8 Å². The summed E-state index contributed by atoms with van der Waals surface area (Å²) >= 11 is 7.34. The van der Waals surface area contributed by atoms with Crippen molar-refractivity contribution in [1.29, 1.82) is 0 Å². The quantitative estimate of drug-likeness (QED) is 0.576. The lowest BCUT2D eigenvalue weighted by atomic mass is 9.78. The first kappa shape index (κ1) is 21.8. The van der Waals surface area contributed by atoms with Crippen LogP contribution >= 0.6 is 22.9 Å². The van der Waals surface area contributed by atoms with E-state index in [0.29, 0.717) is 28.6 Å². The van der Waals surface area contributed by atoms with Crippen molar-refractivity contribution in [1.82, 2.24) is 20.3 Å². The van der Waals surface area contributed by atoms with Crippen LogP contribution in [0.3, 0.4) is 0 Å². The summed E-state index contributed by atoms with van der Waals surface area (Å²) in [5.41, 5.74) is 0.968. The van der Waals surface area contributed by atoms with E-state index in [-0.39, 0.29) is 17.6 Å². The standard InChI is InChI=1S/C22H23ClF2N4O2S/c1-13-8-21(20-16(7-19(23)32-20)22(24,25)12-31-21)9-17(26-13)18-11-29(28-27-18)10-14-4-3-5-15(6-14)30-2/h3-7,11,13,17,26H,8-10,12H2,1-2H3/t13-,17-,21-/m0/s1. The molecule has 1 N–H and O–H groups in total. The lowest BCUT2D eigenvalue weighted by Gasteiger charge is -2.47. The van der Waals surface area contributed by atoms with Gasteiger partial charge >= 0.3 is 0 Å². The fourth-order valence-electron chi connectivity index (χ4n) is 4.71. The summed E-state index contributed by atoms with van der Waals surface area (Å²) in [5, 5.41) is 12.2. The minimum atomic E-state index is -3.03. The Morgan fingerprint density at radius 1 is 1.34 bits per heavy atom. The van der Waals surface area contributed by atoms with Gasteiger partial charge in [0.25, 0.3) is 5.92 Å². The molecule has 3 atom stereocenters. The third-order valence-electron chi connectivity index (χ3n) is 6.09. The van der Waals surface area contributed by atoms with Crippen molar-refractivity contribution in [2.24, 2.45) is 0 Å². The van der Waals surface area contributed by atoms with Gasteiger partial charge < -0.3 is 14.8 Å². The van der Waals surface area contributed by atoms with E-state index in [4.69, 9.17) is 21.1 Å². The van der Waals surface area contributed by atoms with Gasteiger partial charge in [-0.1, -0.05) is 28.9 Å². The third kappa shape index (κ3) is 3.91. The van der Waals surface area contributed by atoms with E-state index in [2.05, 4.69) is 15.6 Å². The number of benzene rings is 1. The molecule has 0 aliphatic carbocycles. The average molecular weight is 481 g/mol. The molecule has 6 nitrogen and oxygen atoms in total. The van der Waals surface area contributed by atoms with Crippen LogP contribution in [0.4, 0.5) is 8.78 Å². The largest absolute Gasteiger partial charge is 0.497 e. The number of ether oxygens (including phenoxy) is 2. The van der Waals surface area contributed by atoms with Crippen molar-refractivity contribution >= 4 is 22.9 Å². The van der Waals surface area contributed by atoms with E-state index in [1.807, 2.05) is 37.4 Å². The van der Waals surface area contributed by atoms with Gasteiger partial charge in [-0.3, -0.25) is 0 Å². The van der Waals surface area contributed by atoms with Crippen LogP contribution in [0.2, 0.25) is 4.34 Å². The second kappa shape index (κ2) is 8.06. The van der Waals surface area contributed by atoms with Gasteiger partial charge in [0.1, 0.15) is 18.0 Å². The molecule has 1 fully saturated rings. The second-order valence-corrected chi connectivity index (χ2v) is 10.2. The van der Waals surface area contributed by atoms with Crippen LogP contribution in [-0.4, -0.2) is 34.8 Å². The number of nitrogens with zero attached hydrogens (tertiary/aromatic N) is 3. The summed E-state index contributed by atoms with van der Waals surface area (Å²) in [6.07, 6.45) is 2.96. The van der Waals surface area contributed by atoms with Crippen LogP contribution in [0.15, 0.2) is 36.5 Å². The normalized spacial score (nSPS) is 26.8. The van der Waals surface area contributed by atoms with Gasteiger partial charge in [0.15, 0.2) is 0 Å². The predicted molar refractivity (Wildman–Crippen MR) is 118 cm³/mol. The van der Waals surface area contributed by atoms with Gasteiger partial charge in [0.05, 0.1) is 35.9 Å². The molecular weight excluding hydrogens is 458 g/mol. The molecule has 5 rings (SSSR count). The number of nitrogens with one attached hydrogen (secondary N) is 1. The molecule has 2 aliphatic rings. The van der Waals surface area contributed by atoms with Crippen LogP contribution < -0.4 is 10.1 Å². The number of methoxy groups -OCH3 is 1. The fraction of sp³-hybridized carbons (Fsp3) is 0.455. The van der Waals surface area contributed by atoms with Crippen molar-refractivity contribution in [3.05, 3.63) is 62.6 Å². The Morgan fingerprint density at radius 2 is 2.19 bits per heavy atom. The Bertz CT molecular complexity index is 1140. The number of hydrogen-bond donors (Lipinski definition) is 1. The highest BCUT2D eigenvalue weighted by atomic mass is 35.5. The van der Waals surface area contributed by atoms with Crippen molar-refractivity contribution < 1.29 is 18.3 Å². The van der Waals surface area contributed by atoms with Gasteiger partial charge in [0, 0.05) is 22.9 Å². The van der Waals surface area contributed by atoms with Crippen molar-refractivity contribution in [2.45, 2.75) is 49.9 Å². The van der Waals surface area contributed by atoms with Crippen LogP contribution in [-0.2, 0) is 22.8 Å². The second-order valence-electron chi connectivity index (χ2n) is 8.50. The molecule has 0 radical (unpaired) electrons. The Labute approximate surface area is 193 Å². The number of thiophene rings is 1. The van der Waals surface area contributed by atoms with Crippen LogP contribution in [0.25, 0.3) is 0 Å². The Morgan fingerprint density at radius 3 is 3.00 bits per heavy atom. The molecule has 32 heavy (non-hydrogen) atoms. The van der Waals surface area contributed by atoms with E-state index >= 15 is 0 Å². The first-order valence-corrected chi connectivity index (χ1v) is 11.6. The number of piperidine rings is 1. The monoisotopic (exact) mass is 480 g/mol. The zero-order valence-electron chi connectivity index (χ0n) is 17.6. The summed E-state index contributed by atoms with van der Waals surface area (Å²) in [4.78, 5) is 0.529. The van der Waals surface area contributed by atoms with Gasteiger partial charge in [-0.25, -0.2) is 4.68 Å². The summed E-state index contributed by atoms with van der Waals surface area (Å²) in [6.45, 7) is 1.93. The van der Waals surface area contributed by atoms with Gasteiger partial charge in [-0.05, 0) is 37.1 Å². The fourth-order valence-corrected chi connectivity index (χ4v) is 6.16. The van der Waals surface area contributed by atoms with Crippen molar-refractivity contribution in [3.8, 4) is 5.75 Å². The maximum Gasteiger partial charge on any atom is 0.297 e. The summed E-state index contributed by atoms with van der Waals surface area (Å²) in [6, 6.07) is 9.02. The summed E-state index contributed by atoms with van der Waals surface area (Å²) in [7, 11) is 1.63. The van der Waals surface area contributed by atoms with Gasteiger partial charge in [-0.2, -0.15) is 8.78 Å². The highest BCUT2D eigenvalue weighted by Crippen LogP contribution is 2.54. The number of alkyl halides is 2. The molecule has 3 aromatic rings. The molecule has 170 valence electrons. The maximum atomic E-state index is 14.5. The highest BCUT2D eigenvalue weighted by Gasteiger charge is 2.53. The number of halogens is 3. The van der Waals surface area contributed by atoms with Gasteiger partial charge in [0.2, 0.25) is 0 Å². The lowest BCUT2D eigenvalue weighted by molar-refractivity contribution is -0.183. The highest BCUT2D eigenvalue weighted by molar-refractivity contribution is 7.16. The van der Waals surface area contributed by atoms with Crippen LogP contribution in [0.1, 0.15) is 47.5 Å². The van der Waals surface area contributed by atoms with Crippen LogP contribution in [0.5, 0.6) is 5.75 Å². The van der Waals surface area contributed by atoms with E-state index < -0.39 is 18.1 Å². The van der Waals surface area contributed by atoms with Gasteiger partial charge in [-0.15, -0.1) is 16.4 Å². The molecule has 1 aromatic carbocycles. The average Bonchev–Trinajstić information content (AvgIpc) is 3.39. The number of fused-ring (bicyclic) bond motifs is 2. The molecule has 4 heterocycles. The van der Waals surface area contributed by atoms with E-state index in [1.165, 1.54) is 17.4 Å². The molecule has 0 amide bonds. The summed E-state index contributed by atoms with van der Waals surface area (Å²) < 4.78 is 42.3. The number of aromatic nitrogens is 3. The number of rotatable bonds is 4. The topological polar surface area (TPSA) is 61.2 Å². The van der Waals surface area contributed by atoms with Crippen molar-refractivity contribution in [2.75, 3.05) is 13.7 Å². The minimum Gasteiger partial charge on any atom is -0.497 e. The van der Waals surface area contributed by atoms with Crippen molar-refractivity contribution in [3.63, 3.8) is 0 Å². The molecule has 0 saturated carbocycles. The molecule has 10 heteroatoms. The first-order valence-electron chi connectivity index (χ1n) is 10.4. The molecule has 0 unspecified atom stereocenters. The maximum absolute atomic E-state index is 14.5. The summed E-state index contributed by atoms with van der Waals surface area (Å²) in [5.74, 6) is -2.25. The lowest BCUT2D eigenvalue weighted by Crippen LogP contribution is -2.51. The SMILES string of the molecule is COc1cccc(Cn2cc([C@@H]3C[C@]4(C[C@H](C)N3)OCC(F)(F)c3cc(Cl)sc34)nn2)c1. The first-order chi connectivity index (χ1) is 15.3. The smallest absolute Gasteiger partial charge is 0.297 e. The predicted octanol–water partition coefficient (Wildman–Crippen LogP) is 4.88. The molecule has 0 bridgehead atoms. The number of hydrogen-bond acceptors (Lipinski definition) is 6. The third-order valence-corrected chi connectivity index (χ3v) is 7.54. The zero-order valence-corrected chi connectivity index (χ0v) is 19.2. The Hall–Kier alpha value is -2.07. The van der Waals surface area contributed by atoms with E-state index in [0.717, 1.165) is 17.0 Å². The van der Waals surface area contributed by atoms with Crippen LogP contribution in [0, 0.1) is 0 Å². The Kier molecular flexibility index (Phi) is 5.48.